The monoisotopic (exact) mass is 347 g/mol. The third kappa shape index (κ3) is 3.62. The summed E-state index contributed by atoms with van der Waals surface area (Å²) in [6.07, 6.45) is 0. The zero-order valence-corrected chi connectivity index (χ0v) is 14.6. The Bertz CT molecular complexity index is 724. The molecule has 0 aliphatic carbocycles. The minimum absolute atomic E-state index is 0.0620. The normalized spacial score (nSPS) is 17.6. The van der Waals surface area contributed by atoms with Gasteiger partial charge in [-0.05, 0) is 45.4 Å². The number of carbonyl (C=O) groups excluding carboxylic acids is 2. The number of urea groups is 1. The van der Waals surface area contributed by atoms with Crippen LogP contribution in [-0.2, 0) is 9.53 Å². The second-order valence-electron chi connectivity index (χ2n) is 5.91. The third-order valence-electron chi connectivity index (χ3n) is 3.98. The fourth-order valence-corrected chi connectivity index (χ4v) is 2.89. The molecule has 0 spiro atoms. The van der Waals surface area contributed by atoms with Crippen LogP contribution in [0, 0.1) is 10.1 Å². The van der Waals surface area contributed by atoms with Crippen LogP contribution in [0.3, 0.4) is 0 Å². The predicted molar refractivity (Wildman–Crippen MR) is 90.7 cm³/mol. The van der Waals surface area contributed by atoms with Crippen LogP contribution >= 0.6 is 0 Å². The van der Waals surface area contributed by atoms with Crippen LogP contribution in [0.2, 0.25) is 0 Å². The van der Waals surface area contributed by atoms with Crippen molar-refractivity contribution in [3.63, 3.8) is 0 Å². The van der Waals surface area contributed by atoms with Gasteiger partial charge in [0.05, 0.1) is 23.1 Å². The Balaban J connectivity index is 2.52. The number of nitrogens with zero attached hydrogens (tertiary/aromatic N) is 2. The molecule has 1 atom stereocenters. The molecule has 0 bridgehead atoms. The summed E-state index contributed by atoms with van der Waals surface area (Å²) >= 11 is 0. The zero-order valence-electron chi connectivity index (χ0n) is 14.6. The van der Waals surface area contributed by atoms with Crippen LogP contribution in [0.4, 0.5) is 10.5 Å². The van der Waals surface area contributed by atoms with Crippen LogP contribution in [-0.4, -0.2) is 34.5 Å². The molecule has 1 aromatic rings. The number of nitro groups is 1. The highest BCUT2D eigenvalue weighted by Gasteiger charge is 2.37. The summed E-state index contributed by atoms with van der Waals surface area (Å²) in [6.45, 7) is 7.30. The highest BCUT2D eigenvalue weighted by molar-refractivity contribution is 5.95. The van der Waals surface area contributed by atoms with Crippen molar-refractivity contribution in [1.29, 1.82) is 0 Å². The van der Waals surface area contributed by atoms with Gasteiger partial charge in [0.15, 0.2) is 0 Å². The molecule has 0 saturated carbocycles. The molecule has 8 heteroatoms. The summed E-state index contributed by atoms with van der Waals surface area (Å²) in [5, 5.41) is 13.6. The standard InChI is InChI=1S/C17H21N3O5/c1-5-25-16(21)14-11(4)19(10(2)3)17(22)18-15(14)12-6-8-13(9-7-12)20(23)24/h6-10,15H,5H2,1-4H3,(H,18,22). The van der Waals surface area contributed by atoms with Gasteiger partial charge in [-0.1, -0.05) is 0 Å². The minimum atomic E-state index is -0.720. The maximum absolute atomic E-state index is 12.5. The number of allylic oxidation sites excluding steroid dienone is 1. The number of nitro benzene ring substituents is 1. The molecular weight excluding hydrogens is 326 g/mol. The van der Waals surface area contributed by atoms with E-state index in [4.69, 9.17) is 4.74 Å². The predicted octanol–water partition coefficient (Wildman–Crippen LogP) is 2.91. The first-order chi connectivity index (χ1) is 11.8. The first-order valence-electron chi connectivity index (χ1n) is 7.99. The third-order valence-corrected chi connectivity index (χ3v) is 3.98. The van der Waals surface area contributed by atoms with Gasteiger partial charge in [-0.25, -0.2) is 9.59 Å². The number of esters is 1. The quantitative estimate of drug-likeness (QED) is 0.501. The highest BCUT2D eigenvalue weighted by atomic mass is 16.6. The molecule has 1 aromatic carbocycles. The van der Waals surface area contributed by atoms with Crippen LogP contribution in [0.5, 0.6) is 0 Å². The number of non-ortho nitro benzene ring substituents is 1. The molecule has 1 unspecified atom stereocenters. The van der Waals surface area contributed by atoms with Crippen molar-refractivity contribution in [3.05, 3.63) is 51.2 Å². The fourth-order valence-electron chi connectivity index (χ4n) is 2.89. The Labute approximate surface area is 145 Å². The number of amides is 2. The first kappa shape index (κ1) is 18.4. The summed E-state index contributed by atoms with van der Waals surface area (Å²) in [6, 6.07) is 4.55. The van der Waals surface area contributed by atoms with Gasteiger partial charge in [-0.15, -0.1) is 0 Å². The van der Waals surface area contributed by atoms with Crippen molar-refractivity contribution in [2.24, 2.45) is 0 Å². The molecule has 1 aliphatic rings. The molecule has 0 aromatic heterocycles. The lowest BCUT2D eigenvalue weighted by Crippen LogP contribution is -2.50. The number of ether oxygens (including phenoxy) is 1. The average Bonchev–Trinajstić information content (AvgIpc) is 2.54. The van der Waals surface area contributed by atoms with E-state index in [0.29, 0.717) is 16.8 Å². The number of benzene rings is 1. The van der Waals surface area contributed by atoms with Gasteiger partial charge in [0, 0.05) is 23.9 Å². The Hall–Kier alpha value is -2.90. The summed E-state index contributed by atoms with van der Waals surface area (Å²) in [4.78, 5) is 36.7. The fraction of sp³-hybridized carbons (Fsp3) is 0.412. The second kappa shape index (κ2) is 7.33. The molecule has 0 saturated heterocycles. The maximum Gasteiger partial charge on any atom is 0.338 e. The van der Waals surface area contributed by atoms with Gasteiger partial charge in [0.25, 0.3) is 5.69 Å². The van der Waals surface area contributed by atoms with Crippen molar-refractivity contribution in [1.82, 2.24) is 10.2 Å². The minimum Gasteiger partial charge on any atom is -0.463 e. The number of rotatable bonds is 5. The Morgan fingerprint density at radius 1 is 1.36 bits per heavy atom. The zero-order chi connectivity index (χ0) is 18.7. The van der Waals surface area contributed by atoms with Gasteiger partial charge in [-0.2, -0.15) is 0 Å². The van der Waals surface area contributed by atoms with E-state index >= 15 is 0 Å². The van der Waals surface area contributed by atoms with Crippen molar-refractivity contribution >= 4 is 17.7 Å². The largest absolute Gasteiger partial charge is 0.463 e. The van der Waals surface area contributed by atoms with E-state index in [1.807, 2.05) is 13.8 Å². The molecular formula is C17H21N3O5. The lowest BCUT2D eigenvalue weighted by Gasteiger charge is -2.37. The van der Waals surface area contributed by atoms with E-state index in [-0.39, 0.29) is 24.4 Å². The molecule has 25 heavy (non-hydrogen) atoms. The number of hydrogen-bond acceptors (Lipinski definition) is 5. The van der Waals surface area contributed by atoms with Gasteiger partial charge in [-0.3, -0.25) is 15.0 Å². The van der Waals surface area contributed by atoms with Gasteiger partial charge < -0.3 is 10.1 Å². The highest BCUT2D eigenvalue weighted by Crippen LogP contribution is 2.32. The van der Waals surface area contributed by atoms with Gasteiger partial charge >= 0.3 is 12.0 Å². The van der Waals surface area contributed by atoms with Crippen LogP contribution in [0.15, 0.2) is 35.5 Å². The molecule has 0 fully saturated rings. The van der Waals surface area contributed by atoms with Crippen molar-refractivity contribution < 1.29 is 19.2 Å². The molecule has 1 heterocycles. The number of carbonyl (C=O) groups is 2. The topological polar surface area (TPSA) is 102 Å². The smallest absolute Gasteiger partial charge is 0.338 e. The SMILES string of the molecule is CCOC(=O)C1=C(C)N(C(C)C)C(=O)NC1c1ccc([N+](=O)[O-])cc1. The van der Waals surface area contributed by atoms with Crippen molar-refractivity contribution in [3.8, 4) is 0 Å². The van der Waals surface area contributed by atoms with Crippen LogP contribution in [0.1, 0.15) is 39.3 Å². The van der Waals surface area contributed by atoms with E-state index in [9.17, 15) is 19.7 Å². The maximum atomic E-state index is 12.5. The average molecular weight is 347 g/mol. The first-order valence-corrected chi connectivity index (χ1v) is 7.99. The van der Waals surface area contributed by atoms with Gasteiger partial charge in [0.1, 0.15) is 0 Å². The summed E-state index contributed by atoms with van der Waals surface area (Å²) < 4.78 is 5.15. The van der Waals surface area contributed by atoms with E-state index in [1.54, 1.807) is 13.8 Å². The Morgan fingerprint density at radius 3 is 2.44 bits per heavy atom. The molecule has 1 aliphatic heterocycles. The van der Waals surface area contributed by atoms with Crippen LogP contribution in [0.25, 0.3) is 0 Å². The second-order valence-corrected chi connectivity index (χ2v) is 5.91. The molecule has 0 radical (unpaired) electrons. The molecule has 1 N–H and O–H groups in total. The van der Waals surface area contributed by atoms with E-state index in [0.717, 1.165) is 0 Å². The lowest BCUT2D eigenvalue weighted by atomic mass is 9.94. The van der Waals surface area contributed by atoms with E-state index < -0.39 is 16.9 Å². The summed E-state index contributed by atoms with van der Waals surface area (Å²) in [5.74, 6) is -0.519. The lowest BCUT2D eigenvalue weighted by molar-refractivity contribution is -0.384. The molecule has 8 nitrogen and oxygen atoms in total. The van der Waals surface area contributed by atoms with Gasteiger partial charge in [0.2, 0.25) is 0 Å². The molecule has 2 rings (SSSR count). The Kier molecular flexibility index (Phi) is 5.41. The number of nitrogens with one attached hydrogen (secondary N) is 1. The van der Waals surface area contributed by atoms with Crippen molar-refractivity contribution in [2.75, 3.05) is 6.61 Å². The van der Waals surface area contributed by atoms with Crippen LogP contribution < -0.4 is 5.32 Å². The van der Waals surface area contributed by atoms with E-state index in [2.05, 4.69) is 5.32 Å². The molecule has 134 valence electrons. The van der Waals surface area contributed by atoms with Crippen molar-refractivity contribution in [2.45, 2.75) is 39.8 Å². The van der Waals surface area contributed by atoms with E-state index in [1.165, 1.54) is 29.2 Å². The number of hydrogen-bond donors (Lipinski definition) is 1. The summed E-state index contributed by atoms with van der Waals surface area (Å²) in [7, 11) is 0. The summed E-state index contributed by atoms with van der Waals surface area (Å²) in [5.41, 5.74) is 1.35. The Morgan fingerprint density at radius 2 is 1.96 bits per heavy atom. The molecule has 2 amide bonds.